The van der Waals surface area contributed by atoms with E-state index in [9.17, 15) is 9.59 Å². The van der Waals surface area contributed by atoms with Crippen LogP contribution in [0.15, 0.2) is 53.7 Å². The zero-order chi connectivity index (χ0) is 24.7. The number of ether oxygens (including phenoxy) is 1. The van der Waals surface area contributed by atoms with Crippen LogP contribution in [0.4, 0.5) is 5.69 Å². The van der Waals surface area contributed by atoms with Crippen LogP contribution in [0, 0.1) is 0 Å². The van der Waals surface area contributed by atoms with Crippen molar-refractivity contribution >= 4 is 29.3 Å². The summed E-state index contributed by atoms with van der Waals surface area (Å²) in [5.74, 6) is 7.19. The van der Waals surface area contributed by atoms with E-state index in [1.165, 1.54) is 10.2 Å². The maximum Gasteiger partial charge on any atom is 0.253 e. The first-order valence-electron chi connectivity index (χ1n) is 11.0. The molecule has 0 aliphatic rings. The third-order valence-electron chi connectivity index (χ3n) is 4.85. The van der Waals surface area contributed by atoms with Gasteiger partial charge in [-0.1, -0.05) is 49.9 Å². The van der Waals surface area contributed by atoms with Crippen molar-refractivity contribution in [2.24, 2.45) is 0 Å². The number of thioether (sulfide) groups is 1. The lowest BCUT2D eigenvalue weighted by Gasteiger charge is -2.13. The van der Waals surface area contributed by atoms with Crippen LogP contribution in [0.2, 0.25) is 0 Å². The van der Waals surface area contributed by atoms with Gasteiger partial charge in [0.15, 0.2) is 5.82 Å². The van der Waals surface area contributed by atoms with Crippen molar-refractivity contribution in [3.8, 4) is 5.75 Å². The molecule has 0 saturated carbocycles. The number of para-hydroxylation sites is 1. The van der Waals surface area contributed by atoms with E-state index in [0.29, 0.717) is 33.9 Å². The van der Waals surface area contributed by atoms with Crippen LogP contribution in [-0.4, -0.2) is 38.5 Å². The quantitative estimate of drug-likeness (QED) is 0.298. The molecule has 9 nitrogen and oxygen atoms in total. The minimum atomic E-state index is -0.291. The third-order valence-corrected chi connectivity index (χ3v) is 5.79. The third kappa shape index (κ3) is 6.74. The number of rotatable bonds is 10. The molecule has 0 aliphatic carbocycles. The first kappa shape index (κ1) is 25.1. The lowest BCUT2D eigenvalue weighted by atomic mass is 10.0. The second kappa shape index (κ2) is 11.6. The average molecular weight is 483 g/mol. The Morgan fingerprint density at radius 3 is 2.44 bits per heavy atom. The first-order chi connectivity index (χ1) is 16.2. The second-order valence-electron chi connectivity index (χ2n) is 8.29. The van der Waals surface area contributed by atoms with E-state index in [-0.39, 0.29) is 30.2 Å². The van der Waals surface area contributed by atoms with Crippen LogP contribution in [0.5, 0.6) is 5.75 Å². The molecule has 0 bridgehead atoms. The van der Waals surface area contributed by atoms with Crippen LogP contribution in [-0.2, 0) is 11.4 Å². The highest BCUT2D eigenvalue weighted by Gasteiger charge is 2.16. The van der Waals surface area contributed by atoms with Crippen molar-refractivity contribution in [2.75, 3.05) is 16.9 Å². The Labute approximate surface area is 203 Å². The minimum Gasteiger partial charge on any atom is -0.486 e. The van der Waals surface area contributed by atoms with E-state index in [1.54, 1.807) is 24.3 Å². The van der Waals surface area contributed by atoms with Crippen molar-refractivity contribution in [3.63, 3.8) is 0 Å². The smallest absolute Gasteiger partial charge is 0.253 e. The summed E-state index contributed by atoms with van der Waals surface area (Å²) in [7, 11) is 0. The van der Waals surface area contributed by atoms with Crippen molar-refractivity contribution < 1.29 is 14.3 Å². The molecule has 2 amide bonds. The van der Waals surface area contributed by atoms with Crippen LogP contribution in [0.3, 0.4) is 0 Å². The summed E-state index contributed by atoms with van der Waals surface area (Å²) in [6, 6.07) is 14.7. The number of nitrogens with one attached hydrogen (secondary N) is 2. The average Bonchev–Trinajstić information content (AvgIpc) is 3.15. The van der Waals surface area contributed by atoms with E-state index in [0.717, 1.165) is 11.8 Å². The standard InChI is InChI=1S/C24H30N6O3S/c1-15(2)17-9-11-18(12-10-17)33-13-21-28-29-24(30(21)25)34-14-22(31)27-20-8-6-5-7-19(20)23(32)26-16(3)4/h5-12,15-16H,13-14,25H2,1-4H3,(H,26,32)(H,27,31). The largest absolute Gasteiger partial charge is 0.486 e. The predicted octanol–water partition coefficient (Wildman–Crippen LogP) is 3.56. The van der Waals surface area contributed by atoms with E-state index in [2.05, 4.69) is 34.7 Å². The lowest BCUT2D eigenvalue weighted by molar-refractivity contribution is -0.113. The minimum absolute atomic E-state index is 0.0136. The Hall–Kier alpha value is -3.53. The molecule has 1 heterocycles. The molecular formula is C24H30N6O3S. The number of carbonyl (C=O) groups excluding carboxylic acids is 2. The van der Waals surface area contributed by atoms with Crippen molar-refractivity contribution in [2.45, 2.75) is 51.4 Å². The topological polar surface area (TPSA) is 124 Å². The normalized spacial score (nSPS) is 11.0. The van der Waals surface area contributed by atoms with Crippen molar-refractivity contribution in [3.05, 3.63) is 65.5 Å². The molecule has 0 atom stereocenters. The Morgan fingerprint density at radius 1 is 1.06 bits per heavy atom. The van der Waals surface area contributed by atoms with E-state index < -0.39 is 0 Å². The first-order valence-corrected chi connectivity index (χ1v) is 12.0. The molecule has 180 valence electrons. The molecule has 0 fully saturated rings. The summed E-state index contributed by atoms with van der Waals surface area (Å²) in [5.41, 5.74) is 2.07. The highest BCUT2D eigenvalue weighted by atomic mass is 32.2. The molecule has 34 heavy (non-hydrogen) atoms. The van der Waals surface area contributed by atoms with Gasteiger partial charge < -0.3 is 21.2 Å². The number of hydrogen-bond acceptors (Lipinski definition) is 7. The van der Waals surface area contributed by atoms with Crippen molar-refractivity contribution in [1.29, 1.82) is 0 Å². The number of anilines is 1. The Balaban J connectivity index is 1.55. The molecule has 0 spiro atoms. The molecule has 4 N–H and O–H groups in total. The zero-order valence-electron chi connectivity index (χ0n) is 19.7. The van der Waals surface area contributed by atoms with E-state index in [4.69, 9.17) is 10.6 Å². The van der Waals surface area contributed by atoms with Crippen LogP contribution in [0.1, 0.15) is 55.4 Å². The molecule has 10 heteroatoms. The summed E-state index contributed by atoms with van der Waals surface area (Å²) >= 11 is 1.14. The second-order valence-corrected chi connectivity index (χ2v) is 9.23. The number of aromatic nitrogens is 3. The maximum atomic E-state index is 12.5. The lowest BCUT2D eigenvalue weighted by Crippen LogP contribution is -2.31. The Bertz CT molecular complexity index is 1130. The van der Waals surface area contributed by atoms with Crippen molar-refractivity contribution in [1.82, 2.24) is 20.2 Å². The number of benzene rings is 2. The van der Waals surface area contributed by atoms with Gasteiger partial charge in [0.1, 0.15) is 12.4 Å². The molecule has 0 saturated heterocycles. The van der Waals surface area contributed by atoms with Gasteiger partial charge in [-0.25, -0.2) is 4.68 Å². The van der Waals surface area contributed by atoms with Crippen LogP contribution < -0.4 is 21.2 Å². The zero-order valence-corrected chi connectivity index (χ0v) is 20.6. The fourth-order valence-electron chi connectivity index (χ4n) is 3.05. The number of nitrogens with two attached hydrogens (primary N) is 1. The summed E-state index contributed by atoms with van der Waals surface area (Å²) in [4.78, 5) is 24.9. The highest BCUT2D eigenvalue weighted by molar-refractivity contribution is 7.99. The SMILES string of the molecule is CC(C)NC(=O)c1ccccc1NC(=O)CSc1nnc(COc2ccc(C(C)C)cc2)n1N. The van der Waals surface area contributed by atoms with Gasteiger partial charge in [0.05, 0.1) is 17.0 Å². The van der Waals surface area contributed by atoms with Gasteiger partial charge in [-0.2, -0.15) is 0 Å². The molecule has 0 radical (unpaired) electrons. The maximum absolute atomic E-state index is 12.5. The van der Waals surface area contributed by atoms with Crippen LogP contribution in [0.25, 0.3) is 0 Å². The molecule has 0 aliphatic heterocycles. The van der Waals surface area contributed by atoms with Gasteiger partial charge in [-0.05, 0) is 49.6 Å². The highest BCUT2D eigenvalue weighted by Crippen LogP contribution is 2.21. The van der Waals surface area contributed by atoms with Gasteiger partial charge in [0.2, 0.25) is 11.1 Å². The fraction of sp³-hybridized carbons (Fsp3) is 0.333. The van der Waals surface area contributed by atoms with Gasteiger partial charge in [0, 0.05) is 6.04 Å². The van der Waals surface area contributed by atoms with E-state index >= 15 is 0 Å². The molecule has 2 aromatic carbocycles. The summed E-state index contributed by atoms with van der Waals surface area (Å²) in [6.07, 6.45) is 0. The number of hydrogen-bond donors (Lipinski definition) is 3. The predicted molar refractivity (Wildman–Crippen MR) is 133 cm³/mol. The monoisotopic (exact) mass is 482 g/mol. The number of nitrogen functional groups attached to an aromatic ring is 1. The summed E-state index contributed by atoms with van der Waals surface area (Å²) in [6.45, 7) is 8.17. The fourth-order valence-corrected chi connectivity index (χ4v) is 3.72. The molecule has 3 rings (SSSR count). The Morgan fingerprint density at radius 2 is 1.76 bits per heavy atom. The van der Waals surface area contributed by atoms with Crippen LogP contribution >= 0.6 is 11.8 Å². The number of nitrogens with zero attached hydrogens (tertiary/aromatic N) is 3. The molecular weight excluding hydrogens is 452 g/mol. The van der Waals surface area contributed by atoms with Gasteiger partial charge in [-0.15, -0.1) is 10.2 Å². The van der Waals surface area contributed by atoms with Gasteiger partial charge in [0.25, 0.3) is 5.91 Å². The summed E-state index contributed by atoms with van der Waals surface area (Å²) in [5, 5.41) is 14.1. The number of carbonyl (C=O) groups is 2. The number of amides is 2. The molecule has 0 unspecified atom stereocenters. The Kier molecular flexibility index (Phi) is 8.53. The van der Waals surface area contributed by atoms with Gasteiger partial charge >= 0.3 is 0 Å². The summed E-state index contributed by atoms with van der Waals surface area (Å²) < 4.78 is 7.07. The molecule has 3 aromatic rings. The van der Waals surface area contributed by atoms with E-state index in [1.807, 2.05) is 38.1 Å². The van der Waals surface area contributed by atoms with Gasteiger partial charge in [-0.3, -0.25) is 9.59 Å². The molecule has 1 aromatic heterocycles.